The molecule has 0 saturated carbocycles. The molecule has 0 amide bonds. The lowest BCUT2D eigenvalue weighted by Crippen LogP contribution is -2.15. The fourth-order valence-corrected chi connectivity index (χ4v) is 2.85. The Morgan fingerprint density at radius 2 is 1.46 bits per heavy atom. The summed E-state index contributed by atoms with van der Waals surface area (Å²) in [4.78, 5) is 24.4. The van der Waals surface area contributed by atoms with Crippen molar-refractivity contribution in [2.45, 2.75) is 13.0 Å². The zero-order valence-electron chi connectivity index (χ0n) is 15.1. The number of aryl methyl sites for hydroxylation is 1. The number of hydrogen-bond donors (Lipinski definition) is 0. The fraction of sp³-hybridized carbons (Fsp3) is 0.0870. The van der Waals surface area contributed by atoms with E-state index in [4.69, 9.17) is 4.74 Å². The first-order valence-corrected chi connectivity index (χ1v) is 8.54. The van der Waals surface area contributed by atoms with Crippen LogP contribution < -0.4 is 0 Å². The molecule has 141 valence electrons. The van der Waals surface area contributed by atoms with Gasteiger partial charge in [0.15, 0.2) is 11.9 Å². The van der Waals surface area contributed by atoms with E-state index in [1.54, 1.807) is 31.2 Å². The standard InChI is InChI=1S/C23H17F2O3/c1-14-9-10-16(15(2)26)13-21(14)23(27)28-22(17-5-3-7-19(24)11-17)18-6-4-8-20(25)12-18/h3-13,22H,2H2,1H3. The van der Waals surface area contributed by atoms with Crippen LogP contribution in [0.1, 0.15) is 43.5 Å². The van der Waals surface area contributed by atoms with Gasteiger partial charge in [-0.3, -0.25) is 4.79 Å². The van der Waals surface area contributed by atoms with Crippen molar-refractivity contribution in [3.8, 4) is 0 Å². The third-order valence-electron chi connectivity index (χ3n) is 4.31. The molecule has 0 aliphatic heterocycles. The molecule has 0 aliphatic rings. The van der Waals surface area contributed by atoms with E-state index in [0.717, 1.165) is 0 Å². The summed E-state index contributed by atoms with van der Waals surface area (Å²) in [5, 5.41) is 0. The summed E-state index contributed by atoms with van der Waals surface area (Å²) in [7, 11) is 0. The minimum absolute atomic E-state index is 0.187. The van der Waals surface area contributed by atoms with Crippen molar-refractivity contribution in [3.05, 3.63) is 113 Å². The second-order valence-corrected chi connectivity index (χ2v) is 6.35. The van der Waals surface area contributed by atoms with Gasteiger partial charge in [-0.25, -0.2) is 13.6 Å². The van der Waals surface area contributed by atoms with Gasteiger partial charge in [0.2, 0.25) is 0 Å². The molecule has 0 heterocycles. The zero-order valence-corrected chi connectivity index (χ0v) is 15.1. The predicted octanol–water partition coefficient (Wildman–Crippen LogP) is 5.24. The van der Waals surface area contributed by atoms with Gasteiger partial charge in [0.1, 0.15) is 11.6 Å². The van der Waals surface area contributed by atoms with Crippen molar-refractivity contribution >= 4 is 11.8 Å². The van der Waals surface area contributed by atoms with Crippen LogP contribution in [-0.4, -0.2) is 11.8 Å². The van der Waals surface area contributed by atoms with Crippen LogP contribution in [0.5, 0.6) is 0 Å². The second-order valence-electron chi connectivity index (χ2n) is 6.35. The number of Topliss-reactive ketones (excluding diaryl/α,β-unsaturated/α-hetero) is 1. The number of benzene rings is 3. The number of carbonyl (C=O) groups excluding carboxylic acids is 2. The van der Waals surface area contributed by atoms with Crippen molar-refractivity contribution in [1.82, 2.24) is 0 Å². The molecule has 5 heteroatoms. The third-order valence-corrected chi connectivity index (χ3v) is 4.31. The molecule has 28 heavy (non-hydrogen) atoms. The fourth-order valence-electron chi connectivity index (χ4n) is 2.85. The Kier molecular flexibility index (Phi) is 5.64. The van der Waals surface area contributed by atoms with E-state index < -0.39 is 29.5 Å². The van der Waals surface area contributed by atoms with Crippen molar-refractivity contribution < 1.29 is 23.1 Å². The Balaban J connectivity index is 2.01. The van der Waals surface area contributed by atoms with Crippen molar-refractivity contribution in [1.29, 1.82) is 0 Å². The topological polar surface area (TPSA) is 43.4 Å². The quantitative estimate of drug-likeness (QED) is 0.450. The summed E-state index contributed by atoms with van der Waals surface area (Å²) in [6, 6.07) is 15.7. The molecule has 0 saturated heterocycles. The molecule has 0 bridgehead atoms. The summed E-state index contributed by atoms with van der Waals surface area (Å²) >= 11 is 0. The molecule has 0 atom stereocenters. The molecular weight excluding hydrogens is 362 g/mol. The monoisotopic (exact) mass is 379 g/mol. The number of ketones is 1. The number of esters is 1. The van der Waals surface area contributed by atoms with Crippen molar-refractivity contribution in [3.63, 3.8) is 0 Å². The van der Waals surface area contributed by atoms with E-state index >= 15 is 0 Å². The average molecular weight is 379 g/mol. The second kappa shape index (κ2) is 8.13. The van der Waals surface area contributed by atoms with Gasteiger partial charge in [-0.1, -0.05) is 36.4 Å². The van der Waals surface area contributed by atoms with Gasteiger partial charge in [-0.05, 0) is 53.9 Å². The Bertz CT molecular complexity index is 998. The summed E-state index contributed by atoms with van der Waals surface area (Å²) < 4.78 is 33.1. The van der Waals surface area contributed by atoms with Crippen LogP contribution in [-0.2, 0) is 4.74 Å². The molecule has 0 aromatic heterocycles. The number of ether oxygens (including phenoxy) is 1. The minimum Gasteiger partial charge on any atom is -0.449 e. The van der Waals surface area contributed by atoms with Crippen LogP contribution in [0.25, 0.3) is 0 Å². The van der Waals surface area contributed by atoms with Crippen LogP contribution in [0.4, 0.5) is 8.78 Å². The summed E-state index contributed by atoms with van der Waals surface area (Å²) in [6.07, 6.45) is -1.02. The predicted molar refractivity (Wildman–Crippen MR) is 101 cm³/mol. The lowest BCUT2D eigenvalue weighted by Gasteiger charge is -2.20. The third kappa shape index (κ3) is 4.31. The molecule has 3 nitrogen and oxygen atoms in total. The molecule has 3 aromatic rings. The number of hydrogen-bond acceptors (Lipinski definition) is 3. The molecule has 3 aromatic carbocycles. The van der Waals surface area contributed by atoms with Crippen molar-refractivity contribution in [2.75, 3.05) is 0 Å². The van der Waals surface area contributed by atoms with E-state index in [-0.39, 0.29) is 11.1 Å². The van der Waals surface area contributed by atoms with Gasteiger partial charge in [-0.15, -0.1) is 0 Å². The lowest BCUT2D eigenvalue weighted by atomic mass is 10.00. The van der Waals surface area contributed by atoms with Gasteiger partial charge in [0.25, 0.3) is 0 Å². The number of halogens is 2. The van der Waals surface area contributed by atoms with Gasteiger partial charge >= 0.3 is 5.97 Å². The lowest BCUT2D eigenvalue weighted by molar-refractivity contribution is 0.0376. The summed E-state index contributed by atoms with van der Waals surface area (Å²) in [6.45, 7) is 5.04. The summed E-state index contributed by atoms with van der Waals surface area (Å²) in [5.41, 5.74) is 1.78. The van der Waals surface area contributed by atoms with Gasteiger partial charge in [0.05, 0.1) is 5.56 Å². The van der Waals surface area contributed by atoms with Crippen LogP contribution in [0.15, 0.2) is 66.7 Å². The largest absolute Gasteiger partial charge is 0.449 e. The van der Waals surface area contributed by atoms with Crippen LogP contribution in [0.3, 0.4) is 0 Å². The molecule has 0 fully saturated rings. The van der Waals surface area contributed by atoms with Gasteiger partial charge in [-0.2, -0.15) is 0 Å². The average Bonchev–Trinajstić information content (AvgIpc) is 2.66. The van der Waals surface area contributed by atoms with Crippen molar-refractivity contribution in [2.24, 2.45) is 0 Å². The normalized spacial score (nSPS) is 10.8. The maximum absolute atomic E-state index is 13.7. The highest BCUT2D eigenvalue weighted by atomic mass is 19.1. The first-order chi connectivity index (χ1) is 13.3. The maximum Gasteiger partial charge on any atom is 0.339 e. The highest BCUT2D eigenvalue weighted by Gasteiger charge is 2.22. The molecule has 0 spiro atoms. The Morgan fingerprint density at radius 3 is 1.96 bits per heavy atom. The number of carbonyl (C=O) groups is 2. The van der Waals surface area contributed by atoms with Crippen LogP contribution in [0.2, 0.25) is 0 Å². The number of rotatable bonds is 5. The molecule has 0 unspecified atom stereocenters. The Hall–Kier alpha value is -3.34. The van der Waals surface area contributed by atoms with E-state index in [2.05, 4.69) is 6.92 Å². The molecule has 0 N–H and O–H groups in total. The summed E-state index contributed by atoms with van der Waals surface area (Å²) in [5.74, 6) is -2.15. The molecule has 3 rings (SSSR count). The molecule has 0 aliphatic carbocycles. The van der Waals surface area contributed by atoms with Crippen LogP contribution >= 0.6 is 0 Å². The zero-order chi connectivity index (χ0) is 20.3. The van der Waals surface area contributed by atoms with E-state index in [1.165, 1.54) is 42.5 Å². The van der Waals surface area contributed by atoms with Crippen LogP contribution in [0, 0.1) is 25.5 Å². The van der Waals surface area contributed by atoms with E-state index in [9.17, 15) is 18.4 Å². The Morgan fingerprint density at radius 1 is 0.893 bits per heavy atom. The maximum atomic E-state index is 13.7. The first-order valence-electron chi connectivity index (χ1n) is 8.54. The Labute approximate surface area is 161 Å². The first kappa shape index (κ1) is 19.4. The van der Waals surface area contributed by atoms with Gasteiger partial charge in [0, 0.05) is 12.5 Å². The van der Waals surface area contributed by atoms with E-state index in [0.29, 0.717) is 16.7 Å². The molecular formula is C23H17F2O3. The highest BCUT2D eigenvalue weighted by molar-refractivity contribution is 6.02. The molecule has 1 radical (unpaired) electrons. The highest BCUT2D eigenvalue weighted by Crippen LogP contribution is 2.29. The smallest absolute Gasteiger partial charge is 0.339 e. The van der Waals surface area contributed by atoms with E-state index in [1.807, 2.05) is 0 Å². The SMILES string of the molecule is [CH2]C(=O)c1ccc(C)c(C(=O)OC(c2cccc(F)c2)c2cccc(F)c2)c1. The minimum atomic E-state index is -1.02. The van der Waals surface area contributed by atoms with Gasteiger partial charge < -0.3 is 4.74 Å².